The van der Waals surface area contributed by atoms with Crippen LogP contribution in [-0.4, -0.2) is 36.5 Å². The van der Waals surface area contributed by atoms with Crippen LogP contribution in [0.3, 0.4) is 0 Å². The summed E-state index contributed by atoms with van der Waals surface area (Å²) in [4.78, 5) is 12.2. The lowest BCUT2D eigenvalue weighted by Gasteiger charge is -2.17. The Morgan fingerprint density at radius 1 is 1.35 bits per heavy atom. The van der Waals surface area contributed by atoms with Crippen molar-refractivity contribution < 1.29 is 14.3 Å². The predicted molar refractivity (Wildman–Crippen MR) is 81.8 cm³/mol. The molecule has 1 aromatic rings. The lowest BCUT2D eigenvalue weighted by molar-refractivity contribution is -0.131. The van der Waals surface area contributed by atoms with Crippen molar-refractivity contribution in [3.05, 3.63) is 22.4 Å². The zero-order chi connectivity index (χ0) is 15.0. The molecule has 0 aromatic carbocycles. The lowest BCUT2D eigenvalue weighted by atomic mass is 10.3. The third-order valence-corrected chi connectivity index (χ3v) is 3.13. The van der Waals surface area contributed by atoms with Crippen molar-refractivity contribution in [2.75, 3.05) is 19.8 Å². The Balaban J connectivity index is 2.61. The van der Waals surface area contributed by atoms with Gasteiger partial charge in [0, 0.05) is 30.4 Å². The zero-order valence-corrected chi connectivity index (χ0v) is 13.9. The van der Waals surface area contributed by atoms with E-state index < -0.39 is 6.29 Å². The molecule has 0 saturated heterocycles. The maximum absolute atomic E-state index is 12.2. The summed E-state index contributed by atoms with van der Waals surface area (Å²) < 4.78 is 13.6. The minimum atomic E-state index is -0.396. The van der Waals surface area contributed by atoms with Crippen LogP contribution in [0.2, 0.25) is 0 Å². The second-order valence-electron chi connectivity index (χ2n) is 4.29. The Morgan fingerprint density at radius 2 is 2.00 bits per heavy atom. The fourth-order valence-corrected chi connectivity index (χ4v) is 2.36. The number of carbonyl (C=O) groups is 1. The molecule has 1 amide bonds. The minimum Gasteiger partial charge on any atom is -0.351 e. The third kappa shape index (κ3) is 5.26. The molecule has 0 spiro atoms. The molecule has 1 heterocycles. The molecular weight excluding hydrogens is 324 g/mol. The second-order valence-corrected chi connectivity index (χ2v) is 5.20. The number of halogens is 1. The Labute approximate surface area is 128 Å². The number of hydrogen-bond acceptors (Lipinski definition) is 3. The molecule has 1 rings (SSSR count). The zero-order valence-electron chi connectivity index (χ0n) is 12.3. The fourth-order valence-electron chi connectivity index (χ4n) is 1.90. The molecule has 0 atom stereocenters. The number of ether oxygens (including phenoxy) is 2. The van der Waals surface area contributed by atoms with Crippen molar-refractivity contribution in [1.82, 2.24) is 9.88 Å². The average Bonchev–Trinajstić information content (AvgIpc) is 2.78. The van der Waals surface area contributed by atoms with Crippen molar-refractivity contribution >= 4 is 21.8 Å². The van der Waals surface area contributed by atoms with Gasteiger partial charge in [-0.25, -0.2) is 0 Å². The first kappa shape index (κ1) is 17.2. The number of hydrogen-bond donors (Lipinski definition) is 1. The van der Waals surface area contributed by atoms with Crippen LogP contribution in [0.15, 0.2) is 16.7 Å². The molecule has 0 radical (unpaired) electrons. The van der Waals surface area contributed by atoms with E-state index in [9.17, 15) is 4.79 Å². The van der Waals surface area contributed by atoms with Crippen LogP contribution >= 0.6 is 15.9 Å². The second kappa shape index (κ2) is 9.15. The summed E-state index contributed by atoms with van der Waals surface area (Å²) >= 11 is 3.40. The molecule has 0 saturated carbocycles. The van der Waals surface area contributed by atoms with Gasteiger partial charge in [-0.3, -0.25) is 4.79 Å². The first-order valence-corrected chi connectivity index (χ1v) is 7.78. The Kier molecular flexibility index (Phi) is 7.87. The Hall–Kier alpha value is -0.850. The molecule has 1 N–H and O–H groups in total. The molecule has 6 heteroatoms. The van der Waals surface area contributed by atoms with Crippen molar-refractivity contribution in [3.8, 4) is 0 Å². The highest BCUT2D eigenvalue weighted by atomic mass is 79.9. The van der Waals surface area contributed by atoms with Gasteiger partial charge >= 0.3 is 0 Å². The number of rotatable bonds is 9. The van der Waals surface area contributed by atoms with Crippen LogP contribution < -0.4 is 5.32 Å². The van der Waals surface area contributed by atoms with E-state index in [2.05, 4.69) is 28.2 Å². The number of aromatic nitrogens is 1. The molecule has 5 nitrogen and oxygen atoms in total. The van der Waals surface area contributed by atoms with E-state index in [1.807, 2.05) is 30.7 Å². The molecule has 114 valence electrons. The van der Waals surface area contributed by atoms with Gasteiger partial charge in [0.15, 0.2) is 6.29 Å². The number of carbonyl (C=O) groups excluding carboxylic acids is 1. The van der Waals surface area contributed by atoms with Gasteiger partial charge < -0.3 is 19.4 Å². The van der Waals surface area contributed by atoms with Gasteiger partial charge in [-0.1, -0.05) is 6.92 Å². The summed E-state index contributed by atoms with van der Waals surface area (Å²) in [6, 6.07) is 1.82. The van der Waals surface area contributed by atoms with Gasteiger partial charge in [-0.15, -0.1) is 0 Å². The number of nitrogens with zero attached hydrogens (tertiary/aromatic N) is 1. The van der Waals surface area contributed by atoms with Gasteiger partial charge in [0.05, 0.1) is 6.54 Å². The van der Waals surface area contributed by atoms with E-state index in [1.54, 1.807) is 0 Å². The Bertz CT molecular complexity index is 415. The lowest BCUT2D eigenvalue weighted by Crippen LogP contribution is -2.36. The first-order valence-electron chi connectivity index (χ1n) is 6.99. The van der Waals surface area contributed by atoms with Crippen LogP contribution in [0, 0.1) is 0 Å². The van der Waals surface area contributed by atoms with Gasteiger partial charge in [-0.05, 0) is 42.3 Å². The van der Waals surface area contributed by atoms with E-state index >= 15 is 0 Å². The Morgan fingerprint density at radius 3 is 2.55 bits per heavy atom. The third-order valence-electron chi connectivity index (χ3n) is 2.69. The van der Waals surface area contributed by atoms with E-state index in [4.69, 9.17) is 9.47 Å². The highest BCUT2D eigenvalue weighted by molar-refractivity contribution is 9.10. The molecule has 20 heavy (non-hydrogen) atoms. The first-order chi connectivity index (χ1) is 9.62. The molecule has 1 aromatic heterocycles. The predicted octanol–water partition coefficient (Wildman–Crippen LogP) is 2.79. The van der Waals surface area contributed by atoms with E-state index in [0.29, 0.717) is 25.5 Å². The molecule has 0 bridgehead atoms. The summed E-state index contributed by atoms with van der Waals surface area (Å²) in [7, 11) is 0. The maximum Gasteiger partial charge on any atom is 0.268 e. The van der Waals surface area contributed by atoms with Gasteiger partial charge in [-0.2, -0.15) is 0 Å². The number of aryl methyl sites for hydroxylation is 1. The summed E-state index contributed by atoms with van der Waals surface area (Å²) in [6.45, 7) is 8.14. The maximum atomic E-state index is 12.2. The molecular formula is C14H23BrN2O3. The molecule has 0 aliphatic carbocycles. The van der Waals surface area contributed by atoms with Crippen LogP contribution in [0.5, 0.6) is 0 Å². The van der Waals surface area contributed by atoms with Gasteiger partial charge in [0.25, 0.3) is 5.91 Å². The highest BCUT2D eigenvalue weighted by Crippen LogP contribution is 2.15. The van der Waals surface area contributed by atoms with Crippen molar-refractivity contribution in [1.29, 1.82) is 0 Å². The summed E-state index contributed by atoms with van der Waals surface area (Å²) in [6.07, 6.45) is 2.50. The molecule has 0 aliphatic heterocycles. The van der Waals surface area contributed by atoms with Crippen molar-refractivity contribution in [2.45, 2.75) is 40.0 Å². The molecule has 0 aliphatic rings. The molecule has 0 unspecified atom stereocenters. The molecule has 0 fully saturated rings. The van der Waals surface area contributed by atoms with Crippen LogP contribution in [-0.2, 0) is 16.0 Å². The normalized spacial score (nSPS) is 11.1. The summed E-state index contributed by atoms with van der Waals surface area (Å²) in [5.41, 5.74) is 0.644. The summed E-state index contributed by atoms with van der Waals surface area (Å²) in [5, 5.41) is 2.85. The van der Waals surface area contributed by atoms with Crippen molar-refractivity contribution in [3.63, 3.8) is 0 Å². The minimum absolute atomic E-state index is 0.117. The number of amides is 1. The van der Waals surface area contributed by atoms with Crippen LogP contribution in [0.25, 0.3) is 0 Å². The fraction of sp³-hybridized carbons (Fsp3) is 0.643. The topological polar surface area (TPSA) is 52.5 Å². The van der Waals surface area contributed by atoms with E-state index in [0.717, 1.165) is 17.4 Å². The summed E-state index contributed by atoms with van der Waals surface area (Å²) in [5.74, 6) is -0.117. The standard InChI is InChI=1S/C14H23BrN2O3/c1-4-7-17-10-11(15)8-12(17)14(18)16-9-13(19-5-2)20-6-3/h8,10,13H,4-7,9H2,1-3H3,(H,16,18). The van der Waals surface area contributed by atoms with E-state index in [1.165, 1.54) is 0 Å². The van der Waals surface area contributed by atoms with Crippen molar-refractivity contribution in [2.24, 2.45) is 0 Å². The van der Waals surface area contributed by atoms with Gasteiger partial charge in [0.2, 0.25) is 0 Å². The smallest absolute Gasteiger partial charge is 0.268 e. The van der Waals surface area contributed by atoms with Crippen LogP contribution in [0.1, 0.15) is 37.7 Å². The largest absolute Gasteiger partial charge is 0.351 e. The number of nitrogens with one attached hydrogen (secondary N) is 1. The van der Waals surface area contributed by atoms with Crippen LogP contribution in [0.4, 0.5) is 0 Å². The monoisotopic (exact) mass is 346 g/mol. The average molecular weight is 347 g/mol. The van der Waals surface area contributed by atoms with Gasteiger partial charge in [0.1, 0.15) is 5.69 Å². The SMILES string of the molecule is CCCn1cc(Br)cc1C(=O)NCC(OCC)OCC. The van der Waals surface area contributed by atoms with E-state index in [-0.39, 0.29) is 5.91 Å². The highest BCUT2D eigenvalue weighted by Gasteiger charge is 2.15. The quantitative estimate of drug-likeness (QED) is 0.699.